The first-order valence-electron chi connectivity index (χ1n) is 10.2. The van der Waals surface area contributed by atoms with Crippen molar-refractivity contribution < 1.29 is 14.9 Å². The summed E-state index contributed by atoms with van der Waals surface area (Å²) >= 11 is 6.57. The molecule has 0 saturated heterocycles. The molecular formula is C22H27ClN4O3. The molecule has 30 heavy (non-hydrogen) atoms. The number of nitrogens with one attached hydrogen (secondary N) is 1. The van der Waals surface area contributed by atoms with Gasteiger partial charge in [-0.15, -0.1) is 0 Å². The summed E-state index contributed by atoms with van der Waals surface area (Å²) in [7, 11) is 1.60. The number of hydrogen-bond donors (Lipinski definition) is 3. The van der Waals surface area contributed by atoms with Gasteiger partial charge in [0.2, 0.25) is 0 Å². The van der Waals surface area contributed by atoms with Crippen molar-refractivity contribution in [1.29, 1.82) is 0 Å². The van der Waals surface area contributed by atoms with Crippen molar-refractivity contribution in [3.05, 3.63) is 40.2 Å². The van der Waals surface area contributed by atoms with Crippen LogP contribution in [0.15, 0.2) is 18.2 Å². The number of halogens is 1. The Labute approximate surface area is 180 Å². The molecule has 8 heteroatoms. The fraction of sp³-hybridized carbons (Fsp3) is 0.455. The molecule has 0 fully saturated rings. The molecule has 0 aliphatic heterocycles. The third-order valence-corrected chi connectivity index (χ3v) is 6.15. The Hall–Kier alpha value is -2.35. The first kappa shape index (κ1) is 20.9. The van der Waals surface area contributed by atoms with Crippen molar-refractivity contribution in [2.75, 3.05) is 12.4 Å². The minimum Gasteiger partial charge on any atom is -0.497 e. The van der Waals surface area contributed by atoms with E-state index < -0.39 is 12.2 Å². The van der Waals surface area contributed by atoms with E-state index in [0.717, 1.165) is 34.5 Å². The van der Waals surface area contributed by atoms with E-state index in [4.69, 9.17) is 26.4 Å². The van der Waals surface area contributed by atoms with Gasteiger partial charge in [-0.3, -0.25) is 0 Å². The lowest BCUT2D eigenvalue weighted by molar-refractivity contribution is 0.167. The van der Waals surface area contributed by atoms with Crippen molar-refractivity contribution in [3.63, 3.8) is 0 Å². The molecule has 3 aromatic rings. The normalized spacial score (nSPS) is 17.8. The first-order chi connectivity index (χ1) is 14.3. The molecule has 0 spiro atoms. The van der Waals surface area contributed by atoms with Gasteiger partial charge in [-0.05, 0) is 51.3 Å². The lowest BCUT2D eigenvalue weighted by Crippen LogP contribution is -2.32. The zero-order valence-electron chi connectivity index (χ0n) is 17.6. The maximum Gasteiger partial charge on any atom is 0.165 e. The zero-order chi connectivity index (χ0) is 21.6. The lowest BCUT2D eigenvalue weighted by Gasteiger charge is -2.24. The highest BCUT2D eigenvalue weighted by atomic mass is 35.5. The molecule has 7 nitrogen and oxygen atoms in total. The van der Waals surface area contributed by atoms with Crippen LogP contribution in [-0.2, 0) is 6.42 Å². The second-order valence-electron chi connectivity index (χ2n) is 7.82. The van der Waals surface area contributed by atoms with Gasteiger partial charge in [0.25, 0.3) is 0 Å². The van der Waals surface area contributed by atoms with Gasteiger partial charge in [0.1, 0.15) is 11.6 Å². The Kier molecular flexibility index (Phi) is 5.61. The van der Waals surface area contributed by atoms with E-state index in [1.165, 1.54) is 0 Å². The Morgan fingerprint density at radius 2 is 2.17 bits per heavy atom. The van der Waals surface area contributed by atoms with Crippen LogP contribution in [0.4, 0.5) is 5.82 Å². The van der Waals surface area contributed by atoms with E-state index in [1.807, 2.05) is 26.0 Å². The van der Waals surface area contributed by atoms with E-state index in [0.29, 0.717) is 35.1 Å². The summed E-state index contributed by atoms with van der Waals surface area (Å²) in [5.41, 5.74) is 4.74. The molecule has 0 radical (unpaired) electrons. The second-order valence-corrected chi connectivity index (χ2v) is 8.22. The smallest absolute Gasteiger partial charge is 0.165 e. The van der Waals surface area contributed by atoms with Crippen LogP contribution >= 0.6 is 11.6 Å². The molecule has 1 aliphatic rings. The number of rotatable bonds is 6. The van der Waals surface area contributed by atoms with Gasteiger partial charge in [0, 0.05) is 11.1 Å². The van der Waals surface area contributed by atoms with E-state index in [1.54, 1.807) is 24.6 Å². The molecule has 2 heterocycles. The highest BCUT2D eigenvalue weighted by Gasteiger charge is 2.31. The van der Waals surface area contributed by atoms with Gasteiger partial charge >= 0.3 is 0 Å². The summed E-state index contributed by atoms with van der Waals surface area (Å²) in [6.45, 7) is 5.69. The third kappa shape index (κ3) is 3.41. The average molecular weight is 431 g/mol. The predicted octanol–water partition coefficient (Wildman–Crippen LogP) is 3.92. The van der Waals surface area contributed by atoms with Crippen LogP contribution in [0.25, 0.3) is 16.8 Å². The van der Waals surface area contributed by atoms with E-state index >= 15 is 0 Å². The molecule has 4 rings (SSSR count). The Morgan fingerprint density at radius 3 is 2.80 bits per heavy atom. The Morgan fingerprint density at radius 1 is 1.40 bits per heavy atom. The molecule has 0 saturated carbocycles. The fourth-order valence-electron chi connectivity index (χ4n) is 4.19. The standard InChI is InChI=1S/C22H27ClN4O3/c1-5-16(12(3)28)24-22-20-17(8-9-18(20)29)25-21-19(11(2)26-27(21)22)14-7-6-13(30-4)10-15(14)23/h6-7,10,12,16,18,24,28-29H,5,8-9H2,1-4H3. The number of benzene rings is 1. The number of ether oxygens (including phenoxy) is 1. The SMILES string of the molecule is CCC(Nc1c2c(nc3c(-c4ccc(OC)cc4Cl)c(C)nn13)CCC2O)C(C)O. The zero-order valence-corrected chi connectivity index (χ0v) is 18.4. The molecule has 160 valence electrons. The van der Waals surface area contributed by atoms with Gasteiger partial charge in [0.15, 0.2) is 5.65 Å². The third-order valence-electron chi connectivity index (χ3n) is 5.83. The summed E-state index contributed by atoms with van der Waals surface area (Å²) in [4.78, 5) is 4.87. The summed E-state index contributed by atoms with van der Waals surface area (Å²) < 4.78 is 7.01. The summed E-state index contributed by atoms with van der Waals surface area (Å²) in [5, 5.41) is 29.5. The molecule has 1 aliphatic carbocycles. The monoisotopic (exact) mass is 430 g/mol. The van der Waals surface area contributed by atoms with Gasteiger partial charge in [-0.25, -0.2) is 4.98 Å². The largest absolute Gasteiger partial charge is 0.497 e. The Bertz CT molecular complexity index is 1100. The topological polar surface area (TPSA) is 91.9 Å². The number of anilines is 1. The molecule has 3 unspecified atom stereocenters. The molecule has 0 amide bonds. The van der Waals surface area contributed by atoms with Crippen molar-refractivity contribution in [3.8, 4) is 16.9 Å². The van der Waals surface area contributed by atoms with Crippen molar-refractivity contribution >= 4 is 23.1 Å². The minimum atomic E-state index is -0.608. The van der Waals surface area contributed by atoms with Gasteiger partial charge in [-0.1, -0.05) is 18.5 Å². The van der Waals surface area contributed by atoms with Crippen LogP contribution in [0.3, 0.4) is 0 Å². The van der Waals surface area contributed by atoms with E-state index in [9.17, 15) is 10.2 Å². The van der Waals surface area contributed by atoms with Crippen LogP contribution in [0.5, 0.6) is 5.75 Å². The fourth-order valence-corrected chi connectivity index (χ4v) is 4.46. The van der Waals surface area contributed by atoms with Crippen LogP contribution in [0.2, 0.25) is 5.02 Å². The molecule has 1 aromatic carbocycles. The number of nitrogens with zero attached hydrogens (tertiary/aromatic N) is 3. The predicted molar refractivity (Wildman–Crippen MR) is 117 cm³/mol. The number of aliphatic hydroxyl groups is 2. The summed E-state index contributed by atoms with van der Waals surface area (Å²) in [5.74, 6) is 1.37. The summed E-state index contributed by atoms with van der Waals surface area (Å²) in [6, 6.07) is 5.37. The molecule has 0 bridgehead atoms. The number of aryl methyl sites for hydroxylation is 2. The highest BCUT2D eigenvalue weighted by Crippen LogP contribution is 2.41. The number of hydrogen-bond acceptors (Lipinski definition) is 6. The van der Waals surface area contributed by atoms with Crippen LogP contribution in [-0.4, -0.2) is 44.1 Å². The van der Waals surface area contributed by atoms with Crippen molar-refractivity contribution in [2.45, 2.75) is 58.3 Å². The quantitative estimate of drug-likeness (QED) is 0.549. The van der Waals surface area contributed by atoms with Crippen LogP contribution in [0, 0.1) is 6.92 Å². The highest BCUT2D eigenvalue weighted by molar-refractivity contribution is 6.33. The molecule has 3 atom stereocenters. The van der Waals surface area contributed by atoms with Crippen molar-refractivity contribution in [2.24, 2.45) is 0 Å². The van der Waals surface area contributed by atoms with Crippen LogP contribution in [0.1, 0.15) is 49.7 Å². The average Bonchev–Trinajstić information content (AvgIpc) is 3.24. The van der Waals surface area contributed by atoms with Gasteiger partial charge < -0.3 is 20.3 Å². The van der Waals surface area contributed by atoms with E-state index in [-0.39, 0.29) is 6.04 Å². The van der Waals surface area contributed by atoms with Crippen molar-refractivity contribution in [1.82, 2.24) is 14.6 Å². The number of methoxy groups -OCH3 is 1. The second kappa shape index (κ2) is 8.06. The first-order valence-corrected chi connectivity index (χ1v) is 10.6. The van der Waals surface area contributed by atoms with Gasteiger partial charge in [-0.2, -0.15) is 9.61 Å². The minimum absolute atomic E-state index is 0.176. The van der Waals surface area contributed by atoms with Gasteiger partial charge in [0.05, 0.1) is 47.3 Å². The molecule has 2 aromatic heterocycles. The maximum absolute atomic E-state index is 10.6. The number of aromatic nitrogens is 3. The number of fused-ring (bicyclic) bond motifs is 2. The maximum atomic E-state index is 10.6. The van der Waals surface area contributed by atoms with E-state index in [2.05, 4.69) is 5.32 Å². The number of aliphatic hydroxyl groups excluding tert-OH is 2. The van der Waals surface area contributed by atoms with Crippen LogP contribution < -0.4 is 10.1 Å². The lowest BCUT2D eigenvalue weighted by atomic mass is 10.1. The molecular weight excluding hydrogens is 404 g/mol. The molecule has 3 N–H and O–H groups in total. The summed E-state index contributed by atoms with van der Waals surface area (Å²) in [6.07, 6.45) is 0.868. The Balaban J connectivity index is 1.96.